The third-order valence-corrected chi connectivity index (χ3v) is 12.8. The van der Waals surface area contributed by atoms with E-state index in [1.165, 1.54) is 27.7 Å². The molecule has 16 heteroatoms. The van der Waals surface area contributed by atoms with Crippen LogP contribution in [0.2, 0.25) is 0 Å². The number of rotatable bonds is 11. The smallest absolute Gasteiger partial charge is 0.316 e. The minimum Gasteiger partial charge on any atom is -0.459 e. The number of piperazine rings is 1. The predicted molar refractivity (Wildman–Crippen MR) is 224 cm³/mol. The molecule has 0 saturated carbocycles. The highest BCUT2D eigenvalue weighted by molar-refractivity contribution is 6.00. The van der Waals surface area contributed by atoms with E-state index in [1.54, 1.807) is 27.7 Å². The Balaban J connectivity index is 1.65. The number of carbonyl (C=O) groups is 4. The number of β-amino-alcohol motifs (C(OH)–C–C–N with tert-alkyl or cyclic N) is 1. The molecule has 340 valence electrons. The van der Waals surface area contributed by atoms with E-state index in [0.717, 1.165) is 5.69 Å². The molecule has 5 N–H and O–H groups in total. The molecule has 0 bridgehead atoms. The molecule has 3 heterocycles. The quantitative estimate of drug-likeness (QED) is 0.122. The Bertz CT molecular complexity index is 1600. The van der Waals surface area contributed by atoms with Gasteiger partial charge >= 0.3 is 5.97 Å². The Kier molecular flexibility index (Phi) is 17.3. The fraction of sp³-hybridized carbons (Fsp3) is 0.773. The first-order valence-electron chi connectivity index (χ1n) is 21.5. The Morgan fingerprint density at radius 3 is 2.18 bits per heavy atom. The molecule has 3 aliphatic rings. The van der Waals surface area contributed by atoms with Gasteiger partial charge in [-0.15, -0.1) is 0 Å². The van der Waals surface area contributed by atoms with Gasteiger partial charge in [0.2, 0.25) is 5.91 Å². The van der Waals surface area contributed by atoms with Crippen molar-refractivity contribution >= 4 is 29.1 Å². The zero-order valence-electron chi connectivity index (χ0n) is 37.5. The third-order valence-electron chi connectivity index (χ3n) is 12.8. The van der Waals surface area contributed by atoms with Crippen molar-refractivity contribution in [3.8, 4) is 0 Å². The number of carbonyl (C=O) groups excluding carboxylic acids is 4. The summed E-state index contributed by atoms with van der Waals surface area (Å²) in [6, 6.07) is 6.50. The maximum absolute atomic E-state index is 14.4. The molecule has 16 nitrogen and oxygen atoms in total. The molecular weight excluding hydrogens is 776 g/mol. The van der Waals surface area contributed by atoms with Gasteiger partial charge in [0.15, 0.2) is 17.9 Å². The van der Waals surface area contributed by atoms with Gasteiger partial charge in [-0.05, 0) is 99.2 Å². The molecule has 3 aliphatic heterocycles. The maximum Gasteiger partial charge on any atom is 0.316 e. The van der Waals surface area contributed by atoms with Crippen LogP contribution in [0.5, 0.6) is 0 Å². The second-order valence-corrected chi connectivity index (χ2v) is 18.1. The summed E-state index contributed by atoms with van der Waals surface area (Å²) < 4.78 is 25.3. The average molecular weight is 849 g/mol. The van der Waals surface area contributed by atoms with Gasteiger partial charge in [0.1, 0.15) is 23.7 Å². The van der Waals surface area contributed by atoms with E-state index in [9.17, 15) is 39.6 Å². The number of cyclic esters (lactones) is 1. The van der Waals surface area contributed by atoms with Crippen molar-refractivity contribution in [2.75, 3.05) is 58.3 Å². The van der Waals surface area contributed by atoms with E-state index < -0.39 is 89.5 Å². The largest absolute Gasteiger partial charge is 0.459 e. The Morgan fingerprint density at radius 1 is 1.00 bits per heavy atom. The Morgan fingerprint density at radius 2 is 1.62 bits per heavy atom. The van der Waals surface area contributed by atoms with Gasteiger partial charge in [0, 0.05) is 62.0 Å². The van der Waals surface area contributed by atoms with Crippen molar-refractivity contribution in [2.45, 2.75) is 148 Å². The lowest BCUT2D eigenvalue weighted by Gasteiger charge is -2.47. The number of amides is 1. The minimum absolute atomic E-state index is 0.00808. The van der Waals surface area contributed by atoms with Gasteiger partial charge in [-0.3, -0.25) is 24.1 Å². The first-order valence-corrected chi connectivity index (χ1v) is 21.5. The van der Waals surface area contributed by atoms with Crippen LogP contribution < -0.4 is 10.2 Å². The molecule has 0 aliphatic carbocycles. The summed E-state index contributed by atoms with van der Waals surface area (Å²) in [5.41, 5.74) is -1.84. The molecule has 0 aromatic heterocycles. The molecule has 4 rings (SSSR count). The maximum atomic E-state index is 14.4. The summed E-state index contributed by atoms with van der Waals surface area (Å²) in [7, 11) is 3.69. The molecule has 3 fully saturated rings. The third kappa shape index (κ3) is 11.9. The minimum atomic E-state index is -2.04. The normalized spacial score (nSPS) is 37.5. The van der Waals surface area contributed by atoms with E-state index in [4.69, 9.17) is 18.9 Å². The molecule has 1 amide bonds. The van der Waals surface area contributed by atoms with E-state index in [1.807, 2.05) is 50.2 Å². The summed E-state index contributed by atoms with van der Waals surface area (Å²) in [6.45, 7) is 17.1. The highest BCUT2D eigenvalue weighted by atomic mass is 16.7. The molecule has 60 heavy (non-hydrogen) atoms. The summed E-state index contributed by atoms with van der Waals surface area (Å²) in [5, 5.41) is 48.8. The number of esters is 1. The number of aliphatic hydroxyl groups is 4. The van der Waals surface area contributed by atoms with E-state index in [0.29, 0.717) is 38.2 Å². The number of ketones is 2. The standard InChI is InChI=1S/C44H72N4O12/c1-12-35-44(9,56)38(53)29(6)40(54)45-25(2)22-43(8,57-24-33(50)23-47-17-19-48(20-18-47)32-15-13-31(14-16-32)30(7)49)39(27(4)36(51)28(5)41(55)59-35)60-42-37(52)34(46(10)11)21-26(3)58-42/h13-16,25-29,33-35,37-39,42,50,52-53,56H,12,17-24H2,1-11H3,(H,45,54)/t25-,26-,27+,28-,29-,33+,34+,35-,37-,38-,39-,42+,43-,44-/m1/s1. The fourth-order valence-electron chi connectivity index (χ4n) is 8.97. The lowest BCUT2D eigenvalue weighted by molar-refractivity contribution is -0.298. The number of nitrogens with zero attached hydrogens (tertiary/aromatic N) is 3. The SMILES string of the molecule is CC[C@H]1OC(=O)[C@H](C)C(=O)[C@H](C)[C@@H](O[C@@H]2O[C@H](C)C[C@H](N(C)C)[C@H]2O)[C@](C)(OC[C@@H](O)CN2CCN(c3ccc(C(C)=O)cc3)CC2)C[C@@H](C)NC(=O)[C@H](C)[C@@H](O)[C@]1(C)O. The van der Waals surface area contributed by atoms with Crippen molar-refractivity contribution in [1.82, 2.24) is 15.1 Å². The number of nitrogens with one attached hydrogen (secondary N) is 1. The van der Waals surface area contributed by atoms with Crippen LogP contribution >= 0.6 is 0 Å². The number of aliphatic hydroxyl groups excluding tert-OH is 3. The molecular formula is C44H72N4O12. The van der Waals surface area contributed by atoms with Crippen molar-refractivity contribution in [2.24, 2.45) is 17.8 Å². The van der Waals surface area contributed by atoms with Gasteiger partial charge in [-0.2, -0.15) is 0 Å². The number of ether oxygens (including phenoxy) is 4. The Labute approximate surface area is 355 Å². The summed E-state index contributed by atoms with van der Waals surface area (Å²) in [5.74, 6) is -5.64. The zero-order chi connectivity index (χ0) is 44.9. The monoisotopic (exact) mass is 849 g/mol. The summed E-state index contributed by atoms with van der Waals surface area (Å²) in [4.78, 5) is 59.8. The predicted octanol–water partition coefficient (Wildman–Crippen LogP) is 1.78. The van der Waals surface area contributed by atoms with Crippen molar-refractivity contribution in [1.29, 1.82) is 0 Å². The van der Waals surface area contributed by atoms with Crippen molar-refractivity contribution in [3.63, 3.8) is 0 Å². The van der Waals surface area contributed by atoms with Crippen molar-refractivity contribution in [3.05, 3.63) is 29.8 Å². The van der Waals surface area contributed by atoms with Gasteiger partial charge in [0.25, 0.3) is 0 Å². The van der Waals surface area contributed by atoms with Crippen LogP contribution in [0.25, 0.3) is 0 Å². The number of hydrogen-bond acceptors (Lipinski definition) is 15. The highest BCUT2D eigenvalue weighted by Crippen LogP contribution is 2.37. The van der Waals surface area contributed by atoms with Crippen LogP contribution in [0, 0.1) is 17.8 Å². The number of anilines is 1. The summed E-state index contributed by atoms with van der Waals surface area (Å²) >= 11 is 0. The molecule has 1 aromatic rings. The fourth-order valence-corrected chi connectivity index (χ4v) is 8.97. The zero-order valence-corrected chi connectivity index (χ0v) is 37.5. The summed E-state index contributed by atoms with van der Waals surface area (Å²) in [6.07, 6.45) is -7.11. The number of likely N-dealkylation sites (N-methyl/N-ethyl adjacent to an activating group) is 1. The average Bonchev–Trinajstić information content (AvgIpc) is 3.20. The van der Waals surface area contributed by atoms with Gasteiger partial charge in [-0.1, -0.05) is 20.8 Å². The lowest BCUT2D eigenvalue weighted by Crippen LogP contribution is -2.60. The molecule has 0 unspecified atom stereocenters. The van der Waals surface area contributed by atoms with Crippen LogP contribution in [0.15, 0.2) is 24.3 Å². The second kappa shape index (κ2) is 20.9. The first-order chi connectivity index (χ1) is 28.0. The van der Waals surface area contributed by atoms with E-state index >= 15 is 0 Å². The number of hydrogen-bond donors (Lipinski definition) is 5. The van der Waals surface area contributed by atoms with Crippen LogP contribution in [0.1, 0.15) is 91.9 Å². The molecule has 0 radical (unpaired) electrons. The molecule has 1 aromatic carbocycles. The first kappa shape index (κ1) is 49.6. The second-order valence-electron chi connectivity index (χ2n) is 18.1. The number of benzene rings is 1. The molecule has 14 atom stereocenters. The van der Waals surface area contributed by atoms with Crippen molar-refractivity contribution < 1.29 is 58.6 Å². The van der Waals surface area contributed by atoms with Crippen LogP contribution in [-0.2, 0) is 33.3 Å². The highest BCUT2D eigenvalue weighted by Gasteiger charge is 2.51. The van der Waals surface area contributed by atoms with E-state index in [2.05, 4.69) is 15.1 Å². The molecule has 3 saturated heterocycles. The van der Waals surface area contributed by atoms with Gasteiger partial charge in [0.05, 0.1) is 42.5 Å². The van der Waals surface area contributed by atoms with E-state index in [-0.39, 0.29) is 43.9 Å². The van der Waals surface area contributed by atoms with Gasteiger partial charge in [-0.25, -0.2) is 0 Å². The topological polar surface area (TPSA) is 208 Å². The lowest BCUT2D eigenvalue weighted by atomic mass is 9.79. The molecule has 0 spiro atoms. The van der Waals surface area contributed by atoms with Crippen LogP contribution in [-0.4, -0.2) is 173 Å². The Hall–Kier alpha value is -3.06. The van der Waals surface area contributed by atoms with Gasteiger partial charge < -0.3 is 54.5 Å². The van der Waals surface area contributed by atoms with Crippen LogP contribution in [0.3, 0.4) is 0 Å². The number of Topliss-reactive ketones (excluding diaryl/α,β-unsaturated/α-hetero) is 2. The van der Waals surface area contributed by atoms with Crippen LogP contribution in [0.4, 0.5) is 5.69 Å².